The predicted molar refractivity (Wildman–Crippen MR) is 119 cm³/mol. The first-order valence-electron chi connectivity index (χ1n) is 9.72. The van der Waals surface area contributed by atoms with Gasteiger partial charge in [-0.1, -0.05) is 54.1 Å². The van der Waals surface area contributed by atoms with Crippen LogP contribution in [0.2, 0.25) is 5.02 Å². The third-order valence-corrected chi connectivity index (χ3v) is 5.54. The van der Waals surface area contributed by atoms with Crippen molar-refractivity contribution in [1.82, 2.24) is 4.90 Å². The Hall–Kier alpha value is -3.57. The number of carbonyl (C=O) groups excluding carboxylic acids is 2. The normalized spacial score (nSPS) is 17.7. The number of aliphatic hydroxyl groups is 1. The van der Waals surface area contributed by atoms with E-state index in [4.69, 9.17) is 16.3 Å². The van der Waals surface area contributed by atoms with Crippen LogP contribution in [-0.4, -0.2) is 28.8 Å². The van der Waals surface area contributed by atoms with Gasteiger partial charge in [-0.15, -0.1) is 0 Å². The van der Waals surface area contributed by atoms with Gasteiger partial charge >= 0.3 is 0 Å². The molecule has 31 heavy (non-hydrogen) atoms. The van der Waals surface area contributed by atoms with E-state index >= 15 is 0 Å². The van der Waals surface area contributed by atoms with E-state index in [9.17, 15) is 14.7 Å². The lowest BCUT2D eigenvalue weighted by molar-refractivity contribution is -0.140. The third kappa shape index (κ3) is 4.05. The van der Waals surface area contributed by atoms with Gasteiger partial charge in [-0.05, 0) is 47.5 Å². The summed E-state index contributed by atoms with van der Waals surface area (Å²) >= 11 is 5.96. The van der Waals surface area contributed by atoms with Crippen molar-refractivity contribution in [1.29, 1.82) is 0 Å². The van der Waals surface area contributed by atoms with Crippen LogP contribution in [0.3, 0.4) is 0 Å². The lowest BCUT2D eigenvalue weighted by atomic mass is 9.95. The minimum absolute atomic E-state index is 0.0495. The molecule has 1 fully saturated rings. The van der Waals surface area contributed by atoms with Gasteiger partial charge in [-0.3, -0.25) is 9.59 Å². The standard InChI is InChI=1S/C25H20ClNO4/c1-31-20-13-9-17(10-14-20)22-21(23(28)18-7-11-19(26)12-8-18)24(29)25(30)27(22)15-16-5-3-2-4-6-16/h2-14,22,28H,15H2,1H3/t22-/m0/s1. The number of halogens is 1. The Morgan fingerprint density at radius 1 is 0.968 bits per heavy atom. The Kier molecular flexibility index (Phi) is 5.78. The van der Waals surface area contributed by atoms with Gasteiger partial charge in [0.1, 0.15) is 11.5 Å². The fourth-order valence-corrected chi connectivity index (χ4v) is 3.85. The van der Waals surface area contributed by atoms with Crippen molar-refractivity contribution in [2.45, 2.75) is 12.6 Å². The zero-order valence-corrected chi connectivity index (χ0v) is 17.5. The molecule has 156 valence electrons. The van der Waals surface area contributed by atoms with E-state index in [1.165, 1.54) is 4.90 Å². The summed E-state index contributed by atoms with van der Waals surface area (Å²) < 4.78 is 5.23. The molecule has 6 heteroatoms. The van der Waals surface area contributed by atoms with Crippen LogP contribution in [0, 0.1) is 0 Å². The summed E-state index contributed by atoms with van der Waals surface area (Å²) in [6.45, 7) is 0.236. The molecule has 1 aliphatic heterocycles. The van der Waals surface area contributed by atoms with Crippen LogP contribution in [0.25, 0.3) is 5.76 Å². The SMILES string of the molecule is COc1ccc([C@H]2C(=C(O)c3ccc(Cl)cc3)C(=O)C(=O)N2Cc2ccccc2)cc1. The van der Waals surface area contributed by atoms with Crippen LogP contribution in [0.5, 0.6) is 5.75 Å². The summed E-state index contributed by atoms with van der Waals surface area (Å²) in [7, 11) is 1.57. The van der Waals surface area contributed by atoms with Crippen molar-refractivity contribution in [2.24, 2.45) is 0 Å². The molecule has 0 bridgehead atoms. The second-order valence-electron chi connectivity index (χ2n) is 7.19. The van der Waals surface area contributed by atoms with Crippen molar-refractivity contribution in [3.8, 4) is 5.75 Å². The summed E-state index contributed by atoms with van der Waals surface area (Å²) in [5.74, 6) is -0.947. The molecule has 0 aliphatic carbocycles. The van der Waals surface area contributed by atoms with Crippen LogP contribution in [0.4, 0.5) is 0 Å². The first-order valence-corrected chi connectivity index (χ1v) is 10.1. The van der Waals surface area contributed by atoms with Gasteiger partial charge in [0, 0.05) is 17.1 Å². The number of likely N-dealkylation sites (tertiary alicyclic amines) is 1. The van der Waals surface area contributed by atoms with Crippen LogP contribution >= 0.6 is 11.6 Å². The molecular weight excluding hydrogens is 414 g/mol. The average molecular weight is 434 g/mol. The van der Waals surface area contributed by atoms with Gasteiger partial charge in [0.05, 0.1) is 18.7 Å². The number of benzene rings is 3. The van der Waals surface area contributed by atoms with Gasteiger partial charge in [-0.25, -0.2) is 0 Å². The molecule has 1 amide bonds. The highest BCUT2D eigenvalue weighted by Crippen LogP contribution is 2.40. The van der Waals surface area contributed by atoms with E-state index in [1.807, 2.05) is 30.3 Å². The molecule has 1 N–H and O–H groups in total. The fraction of sp³-hybridized carbons (Fsp3) is 0.120. The molecule has 0 radical (unpaired) electrons. The molecule has 1 atom stereocenters. The minimum Gasteiger partial charge on any atom is -0.507 e. The van der Waals surface area contributed by atoms with Crippen molar-refractivity contribution in [3.63, 3.8) is 0 Å². The Bertz CT molecular complexity index is 1140. The van der Waals surface area contributed by atoms with Crippen LogP contribution < -0.4 is 4.74 Å². The van der Waals surface area contributed by atoms with Crippen molar-refractivity contribution in [3.05, 3.63) is 106 Å². The number of rotatable bonds is 5. The van der Waals surface area contributed by atoms with Crippen molar-refractivity contribution < 1.29 is 19.4 Å². The van der Waals surface area contributed by atoms with E-state index in [0.717, 1.165) is 5.56 Å². The molecule has 0 aromatic heterocycles. The lowest BCUT2D eigenvalue weighted by Gasteiger charge is -2.25. The monoisotopic (exact) mass is 433 g/mol. The van der Waals surface area contributed by atoms with E-state index in [-0.39, 0.29) is 17.9 Å². The summed E-state index contributed by atoms with van der Waals surface area (Å²) in [4.78, 5) is 27.5. The molecule has 1 saturated heterocycles. The Labute approximate surface area is 185 Å². The number of methoxy groups -OCH3 is 1. The second kappa shape index (κ2) is 8.66. The molecule has 1 aliphatic rings. The summed E-state index contributed by atoms with van der Waals surface area (Å²) in [5.41, 5.74) is 2.05. The fourth-order valence-electron chi connectivity index (χ4n) is 3.72. The van der Waals surface area contributed by atoms with Crippen LogP contribution in [0.15, 0.2) is 84.4 Å². The zero-order chi connectivity index (χ0) is 22.0. The van der Waals surface area contributed by atoms with E-state index in [2.05, 4.69) is 0 Å². The average Bonchev–Trinajstić information content (AvgIpc) is 3.05. The van der Waals surface area contributed by atoms with E-state index in [0.29, 0.717) is 21.9 Å². The summed E-state index contributed by atoms with van der Waals surface area (Å²) in [6.07, 6.45) is 0. The first-order chi connectivity index (χ1) is 15.0. The van der Waals surface area contributed by atoms with Crippen molar-refractivity contribution >= 4 is 29.1 Å². The van der Waals surface area contributed by atoms with Gasteiger partial charge in [0.15, 0.2) is 0 Å². The summed E-state index contributed by atoms with van der Waals surface area (Å²) in [6, 6.07) is 22.3. The minimum atomic E-state index is -0.734. The number of hydrogen-bond donors (Lipinski definition) is 1. The Balaban J connectivity index is 1.85. The molecule has 4 rings (SSSR count). The first kappa shape index (κ1) is 20.7. The molecule has 0 spiro atoms. The quantitative estimate of drug-likeness (QED) is 0.350. The van der Waals surface area contributed by atoms with Gasteiger partial charge in [0.25, 0.3) is 11.7 Å². The van der Waals surface area contributed by atoms with Crippen LogP contribution in [0.1, 0.15) is 22.7 Å². The van der Waals surface area contributed by atoms with Gasteiger partial charge in [-0.2, -0.15) is 0 Å². The third-order valence-electron chi connectivity index (χ3n) is 5.28. The maximum atomic E-state index is 13.0. The van der Waals surface area contributed by atoms with Gasteiger partial charge in [0.2, 0.25) is 0 Å². The lowest BCUT2D eigenvalue weighted by Crippen LogP contribution is -2.29. The number of Topliss-reactive ketones (excluding diaryl/α,β-unsaturated/α-hetero) is 1. The molecule has 0 unspecified atom stereocenters. The maximum Gasteiger partial charge on any atom is 0.295 e. The van der Waals surface area contributed by atoms with E-state index in [1.54, 1.807) is 55.6 Å². The maximum absolute atomic E-state index is 13.0. The Morgan fingerprint density at radius 2 is 1.61 bits per heavy atom. The number of ether oxygens (including phenoxy) is 1. The largest absolute Gasteiger partial charge is 0.507 e. The number of nitrogens with zero attached hydrogens (tertiary/aromatic N) is 1. The molecule has 3 aromatic rings. The van der Waals surface area contributed by atoms with Gasteiger partial charge < -0.3 is 14.7 Å². The molecule has 5 nitrogen and oxygen atoms in total. The van der Waals surface area contributed by atoms with Crippen molar-refractivity contribution in [2.75, 3.05) is 7.11 Å². The highest BCUT2D eigenvalue weighted by molar-refractivity contribution is 6.46. The smallest absolute Gasteiger partial charge is 0.295 e. The predicted octanol–water partition coefficient (Wildman–Crippen LogP) is 4.97. The number of amides is 1. The van der Waals surface area contributed by atoms with E-state index < -0.39 is 17.7 Å². The zero-order valence-electron chi connectivity index (χ0n) is 16.8. The van der Waals surface area contributed by atoms with Crippen LogP contribution in [-0.2, 0) is 16.1 Å². The highest BCUT2D eigenvalue weighted by Gasteiger charge is 2.46. The molecule has 0 saturated carbocycles. The second-order valence-corrected chi connectivity index (χ2v) is 7.63. The molecular formula is C25H20ClNO4. The number of carbonyl (C=O) groups is 2. The summed E-state index contributed by atoms with van der Waals surface area (Å²) in [5, 5.41) is 11.5. The number of ketones is 1. The molecule has 3 aromatic carbocycles. The highest BCUT2D eigenvalue weighted by atomic mass is 35.5. The number of aliphatic hydroxyl groups excluding tert-OH is 1. The topological polar surface area (TPSA) is 66.8 Å². The molecule has 1 heterocycles. The number of hydrogen-bond acceptors (Lipinski definition) is 4. The Morgan fingerprint density at radius 3 is 2.23 bits per heavy atom.